The highest BCUT2D eigenvalue weighted by Crippen LogP contribution is 2.20. The first-order valence-corrected chi connectivity index (χ1v) is 10.1. The van der Waals surface area contributed by atoms with Gasteiger partial charge in [-0.3, -0.25) is 9.59 Å². The molecule has 3 rings (SSSR count). The van der Waals surface area contributed by atoms with Gasteiger partial charge in [-0.25, -0.2) is 4.98 Å². The Hall–Kier alpha value is -2.40. The summed E-state index contributed by atoms with van der Waals surface area (Å²) in [6.07, 6.45) is 5.30. The predicted octanol–water partition coefficient (Wildman–Crippen LogP) is 4.24. The van der Waals surface area contributed by atoms with Crippen LogP contribution in [0.2, 0.25) is 5.02 Å². The number of aryl methyl sites for hydroxylation is 2. The zero-order valence-electron chi connectivity index (χ0n) is 16.2. The van der Waals surface area contributed by atoms with Crippen molar-refractivity contribution in [2.45, 2.75) is 39.0 Å². The fraction of sp³-hybridized carbons (Fsp3) is 0.409. The Bertz CT molecular complexity index is 815. The number of halogens is 1. The number of benzene rings is 1. The molecule has 0 saturated carbocycles. The van der Waals surface area contributed by atoms with Crippen LogP contribution >= 0.6 is 11.6 Å². The van der Waals surface area contributed by atoms with E-state index in [9.17, 15) is 9.59 Å². The number of likely N-dealkylation sites (tertiary alicyclic amines) is 1. The standard InChI is InChI=1S/C22H26ClN3O2/c1-16-9-12-24-20(15-16)25-22(28)18-10-13-26(14-11-18)21(27)4-2-3-17-5-7-19(23)8-6-17/h5-9,12,15,18H,2-4,10-11,13-14H2,1H3,(H,24,25,28). The highest BCUT2D eigenvalue weighted by molar-refractivity contribution is 6.30. The summed E-state index contributed by atoms with van der Waals surface area (Å²) in [6.45, 7) is 3.24. The number of hydrogen-bond donors (Lipinski definition) is 1. The molecule has 2 aromatic rings. The van der Waals surface area contributed by atoms with E-state index in [-0.39, 0.29) is 17.7 Å². The van der Waals surface area contributed by atoms with E-state index >= 15 is 0 Å². The van der Waals surface area contributed by atoms with Crippen molar-refractivity contribution in [2.75, 3.05) is 18.4 Å². The van der Waals surface area contributed by atoms with Gasteiger partial charge in [0.2, 0.25) is 11.8 Å². The summed E-state index contributed by atoms with van der Waals surface area (Å²) in [5, 5.41) is 3.62. The summed E-state index contributed by atoms with van der Waals surface area (Å²) in [7, 11) is 0. The molecule has 0 atom stereocenters. The topological polar surface area (TPSA) is 62.3 Å². The van der Waals surface area contributed by atoms with Crippen molar-refractivity contribution in [3.05, 3.63) is 58.7 Å². The second-order valence-electron chi connectivity index (χ2n) is 7.34. The number of amides is 2. The Kier molecular flexibility index (Phi) is 7.04. The minimum Gasteiger partial charge on any atom is -0.343 e. The fourth-order valence-corrected chi connectivity index (χ4v) is 3.60. The second-order valence-corrected chi connectivity index (χ2v) is 7.78. The number of anilines is 1. The SMILES string of the molecule is Cc1ccnc(NC(=O)C2CCN(C(=O)CCCc3ccc(Cl)cc3)CC2)c1. The van der Waals surface area contributed by atoms with Crippen LogP contribution in [0.25, 0.3) is 0 Å². The quantitative estimate of drug-likeness (QED) is 0.790. The number of carbonyl (C=O) groups is 2. The van der Waals surface area contributed by atoms with Crippen LogP contribution in [0.15, 0.2) is 42.6 Å². The van der Waals surface area contributed by atoms with Gasteiger partial charge in [0.05, 0.1) is 0 Å². The third kappa shape index (κ3) is 5.80. The predicted molar refractivity (Wildman–Crippen MR) is 111 cm³/mol. The van der Waals surface area contributed by atoms with Gasteiger partial charge in [-0.2, -0.15) is 0 Å². The molecule has 2 heterocycles. The number of carbonyl (C=O) groups excluding carboxylic acids is 2. The van der Waals surface area contributed by atoms with Gasteiger partial charge < -0.3 is 10.2 Å². The molecule has 1 N–H and O–H groups in total. The molecule has 1 aliphatic heterocycles. The van der Waals surface area contributed by atoms with Crippen LogP contribution in [0.4, 0.5) is 5.82 Å². The third-order valence-corrected chi connectivity index (χ3v) is 5.41. The normalized spacial score (nSPS) is 14.7. The van der Waals surface area contributed by atoms with Gasteiger partial charge >= 0.3 is 0 Å². The first-order chi connectivity index (χ1) is 13.5. The molecular formula is C22H26ClN3O2. The molecule has 1 fully saturated rings. The zero-order valence-corrected chi connectivity index (χ0v) is 16.9. The van der Waals surface area contributed by atoms with Crippen molar-refractivity contribution in [1.82, 2.24) is 9.88 Å². The average molecular weight is 400 g/mol. The zero-order chi connectivity index (χ0) is 19.9. The molecule has 6 heteroatoms. The Morgan fingerprint density at radius 2 is 1.89 bits per heavy atom. The maximum Gasteiger partial charge on any atom is 0.228 e. The van der Waals surface area contributed by atoms with Crippen molar-refractivity contribution in [2.24, 2.45) is 5.92 Å². The molecule has 0 radical (unpaired) electrons. The molecular weight excluding hydrogens is 374 g/mol. The van der Waals surface area contributed by atoms with Crippen molar-refractivity contribution < 1.29 is 9.59 Å². The molecule has 1 aromatic heterocycles. The van der Waals surface area contributed by atoms with Crippen LogP contribution in [0.1, 0.15) is 36.8 Å². The lowest BCUT2D eigenvalue weighted by atomic mass is 9.95. The van der Waals surface area contributed by atoms with E-state index in [4.69, 9.17) is 11.6 Å². The molecule has 2 amide bonds. The Morgan fingerprint density at radius 1 is 1.18 bits per heavy atom. The average Bonchev–Trinajstić information content (AvgIpc) is 2.69. The molecule has 28 heavy (non-hydrogen) atoms. The lowest BCUT2D eigenvalue weighted by molar-refractivity contribution is -0.134. The number of rotatable bonds is 6. The Morgan fingerprint density at radius 3 is 2.57 bits per heavy atom. The van der Waals surface area contributed by atoms with Crippen LogP contribution in [0.3, 0.4) is 0 Å². The summed E-state index contributed by atoms with van der Waals surface area (Å²) in [6, 6.07) is 11.5. The van der Waals surface area contributed by atoms with E-state index in [1.807, 2.05) is 48.2 Å². The molecule has 0 spiro atoms. The summed E-state index contributed by atoms with van der Waals surface area (Å²) < 4.78 is 0. The number of piperidine rings is 1. The number of hydrogen-bond acceptors (Lipinski definition) is 3. The lowest BCUT2D eigenvalue weighted by Crippen LogP contribution is -2.41. The molecule has 148 valence electrons. The van der Waals surface area contributed by atoms with Gasteiger partial charge in [-0.15, -0.1) is 0 Å². The number of nitrogens with one attached hydrogen (secondary N) is 1. The number of nitrogens with zero attached hydrogens (tertiary/aromatic N) is 2. The van der Waals surface area contributed by atoms with Crippen LogP contribution < -0.4 is 5.32 Å². The maximum absolute atomic E-state index is 12.4. The molecule has 0 aliphatic carbocycles. The largest absolute Gasteiger partial charge is 0.343 e. The summed E-state index contributed by atoms with van der Waals surface area (Å²) in [5.41, 5.74) is 2.25. The monoisotopic (exact) mass is 399 g/mol. The van der Waals surface area contributed by atoms with Crippen molar-refractivity contribution >= 4 is 29.2 Å². The molecule has 5 nitrogen and oxygen atoms in total. The second kappa shape index (κ2) is 9.69. The molecule has 0 bridgehead atoms. The van der Waals surface area contributed by atoms with Crippen LogP contribution in [-0.2, 0) is 16.0 Å². The highest BCUT2D eigenvalue weighted by atomic mass is 35.5. The van der Waals surface area contributed by atoms with Gasteiger partial charge in [-0.05, 0) is 68.0 Å². The molecule has 1 saturated heterocycles. The summed E-state index contributed by atoms with van der Waals surface area (Å²) in [4.78, 5) is 30.9. The summed E-state index contributed by atoms with van der Waals surface area (Å²) >= 11 is 5.89. The van der Waals surface area contributed by atoms with E-state index in [2.05, 4.69) is 10.3 Å². The van der Waals surface area contributed by atoms with E-state index < -0.39 is 0 Å². The Balaban J connectivity index is 1.39. The van der Waals surface area contributed by atoms with Gasteiger partial charge in [0, 0.05) is 36.6 Å². The number of pyridine rings is 1. The minimum absolute atomic E-state index is 0.00654. The van der Waals surface area contributed by atoms with Crippen LogP contribution in [0, 0.1) is 12.8 Å². The van der Waals surface area contributed by atoms with Crippen LogP contribution in [-0.4, -0.2) is 34.8 Å². The smallest absolute Gasteiger partial charge is 0.228 e. The van der Waals surface area contributed by atoms with E-state index in [1.165, 1.54) is 5.56 Å². The van der Waals surface area contributed by atoms with Gasteiger partial charge in [0.15, 0.2) is 0 Å². The fourth-order valence-electron chi connectivity index (χ4n) is 3.48. The van der Waals surface area contributed by atoms with Crippen LogP contribution in [0.5, 0.6) is 0 Å². The van der Waals surface area contributed by atoms with E-state index in [0.717, 1.165) is 23.4 Å². The first kappa shape index (κ1) is 20.3. The minimum atomic E-state index is -0.0690. The number of aromatic nitrogens is 1. The third-order valence-electron chi connectivity index (χ3n) is 5.15. The Labute approximate surface area is 171 Å². The molecule has 0 unspecified atom stereocenters. The maximum atomic E-state index is 12.4. The lowest BCUT2D eigenvalue weighted by Gasteiger charge is -2.31. The van der Waals surface area contributed by atoms with E-state index in [1.54, 1.807) is 6.20 Å². The van der Waals surface area contributed by atoms with Gasteiger partial charge in [0.25, 0.3) is 0 Å². The van der Waals surface area contributed by atoms with Gasteiger partial charge in [-0.1, -0.05) is 23.7 Å². The first-order valence-electron chi connectivity index (χ1n) is 9.77. The van der Waals surface area contributed by atoms with Crippen molar-refractivity contribution in [3.63, 3.8) is 0 Å². The van der Waals surface area contributed by atoms with E-state index in [0.29, 0.717) is 38.2 Å². The highest BCUT2D eigenvalue weighted by Gasteiger charge is 2.27. The van der Waals surface area contributed by atoms with Crippen molar-refractivity contribution in [3.8, 4) is 0 Å². The van der Waals surface area contributed by atoms with Gasteiger partial charge in [0.1, 0.15) is 5.82 Å². The summed E-state index contributed by atoms with van der Waals surface area (Å²) in [5.74, 6) is 0.687. The molecule has 1 aliphatic rings. The van der Waals surface area contributed by atoms with Crippen molar-refractivity contribution in [1.29, 1.82) is 0 Å². The molecule has 1 aromatic carbocycles.